The van der Waals surface area contributed by atoms with E-state index in [9.17, 15) is 0 Å². The summed E-state index contributed by atoms with van der Waals surface area (Å²) in [6, 6.07) is 1.91. The number of nitrogens with two attached hydrogens (primary N) is 1. The van der Waals surface area contributed by atoms with Crippen molar-refractivity contribution in [3.8, 4) is 0 Å². The first kappa shape index (κ1) is 8.14. The van der Waals surface area contributed by atoms with Crippen molar-refractivity contribution in [2.24, 2.45) is 11.7 Å². The van der Waals surface area contributed by atoms with Crippen molar-refractivity contribution >= 4 is 11.6 Å². The van der Waals surface area contributed by atoms with E-state index in [2.05, 4.69) is 6.92 Å². The summed E-state index contributed by atoms with van der Waals surface area (Å²) in [6.45, 7) is 2.14. The zero-order valence-corrected chi connectivity index (χ0v) is 7.77. The van der Waals surface area contributed by atoms with E-state index in [1.807, 2.05) is 6.07 Å². The average Bonchev–Trinajstić information content (AvgIpc) is 2.39. The predicted octanol–water partition coefficient (Wildman–Crippen LogP) is 2.52. The number of hydrogen-bond acceptors (Lipinski definition) is 2. The molecule has 2 nitrogen and oxygen atoms in total. The van der Waals surface area contributed by atoms with Crippen LogP contribution in [0.15, 0.2) is 10.5 Å². The summed E-state index contributed by atoms with van der Waals surface area (Å²) in [5.41, 5.74) is 7.14. The normalized spacial score (nSPS) is 28.6. The lowest BCUT2D eigenvalue weighted by molar-refractivity contribution is 0.342. The highest BCUT2D eigenvalue weighted by molar-refractivity contribution is 6.28. The molecule has 0 aliphatic heterocycles. The topological polar surface area (TPSA) is 39.2 Å². The Balaban J connectivity index is 2.41. The van der Waals surface area contributed by atoms with E-state index < -0.39 is 0 Å². The van der Waals surface area contributed by atoms with Gasteiger partial charge < -0.3 is 10.2 Å². The first-order chi connectivity index (χ1) is 5.68. The third kappa shape index (κ3) is 1.15. The molecule has 0 bridgehead atoms. The Bertz CT molecular complexity index is 295. The van der Waals surface area contributed by atoms with Gasteiger partial charge in [-0.05, 0) is 42.0 Å². The van der Waals surface area contributed by atoms with Gasteiger partial charge in [0.15, 0.2) is 5.22 Å². The number of halogens is 1. The van der Waals surface area contributed by atoms with Gasteiger partial charge in [-0.3, -0.25) is 0 Å². The molecule has 2 rings (SSSR count). The minimum absolute atomic E-state index is 0.0289. The van der Waals surface area contributed by atoms with Gasteiger partial charge >= 0.3 is 0 Å². The first-order valence-corrected chi connectivity index (χ1v) is 4.60. The Kier molecular flexibility index (Phi) is 1.89. The Hall–Kier alpha value is -0.470. The molecule has 2 unspecified atom stereocenters. The molecule has 0 spiro atoms. The Morgan fingerprint density at radius 2 is 2.42 bits per heavy atom. The number of rotatable bonds is 0. The van der Waals surface area contributed by atoms with Crippen LogP contribution in [0.25, 0.3) is 0 Å². The van der Waals surface area contributed by atoms with Crippen molar-refractivity contribution in [1.82, 2.24) is 0 Å². The van der Waals surface area contributed by atoms with E-state index in [1.165, 1.54) is 5.56 Å². The van der Waals surface area contributed by atoms with Crippen LogP contribution in [0, 0.1) is 5.92 Å². The zero-order chi connectivity index (χ0) is 8.72. The minimum Gasteiger partial charge on any atom is -0.448 e. The van der Waals surface area contributed by atoms with E-state index >= 15 is 0 Å². The highest BCUT2D eigenvalue weighted by atomic mass is 35.5. The van der Waals surface area contributed by atoms with Crippen LogP contribution in [0.5, 0.6) is 0 Å². The molecule has 0 amide bonds. The van der Waals surface area contributed by atoms with Gasteiger partial charge in [-0.1, -0.05) is 6.92 Å². The molecular formula is C9H12ClNO. The van der Waals surface area contributed by atoms with Crippen molar-refractivity contribution in [3.63, 3.8) is 0 Å². The van der Waals surface area contributed by atoms with Gasteiger partial charge in [-0.2, -0.15) is 0 Å². The van der Waals surface area contributed by atoms with Gasteiger partial charge in [0.2, 0.25) is 0 Å². The summed E-state index contributed by atoms with van der Waals surface area (Å²) in [7, 11) is 0. The van der Waals surface area contributed by atoms with Crippen molar-refractivity contribution in [3.05, 3.63) is 22.6 Å². The molecule has 12 heavy (non-hydrogen) atoms. The molecule has 3 heteroatoms. The lowest BCUT2D eigenvalue weighted by Gasteiger charge is -2.23. The van der Waals surface area contributed by atoms with Gasteiger partial charge in [0.25, 0.3) is 0 Å². The van der Waals surface area contributed by atoms with Crippen LogP contribution >= 0.6 is 11.6 Å². The fourth-order valence-corrected chi connectivity index (χ4v) is 1.92. The SMILES string of the molecule is CC1CCc2cc(Cl)oc2C1N. The fraction of sp³-hybridized carbons (Fsp3) is 0.556. The maximum absolute atomic E-state index is 5.95. The average molecular weight is 186 g/mol. The molecule has 2 atom stereocenters. The number of furan rings is 1. The van der Waals surface area contributed by atoms with Gasteiger partial charge in [0.1, 0.15) is 5.76 Å². The number of hydrogen-bond donors (Lipinski definition) is 1. The summed E-state index contributed by atoms with van der Waals surface area (Å²) in [4.78, 5) is 0. The molecule has 1 aliphatic rings. The molecule has 1 aliphatic carbocycles. The van der Waals surface area contributed by atoms with Crippen LogP contribution in [-0.2, 0) is 6.42 Å². The third-order valence-electron chi connectivity index (χ3n) is 2.60. The summed E-state index contributed by atoms with van der Waals surface area (Å²) >= 11 is 5.74. The number of aryl methyl sites for hydroxylation is 1. The predicted molar refractivity (Wildman–Crippen MR) is 48.1 cm³/mol. The van der Waals surface area contributed by atoms with Crippen molar-refractivity contribution in [2.45, 2.75) is 25.8 Å². The highest BCUT2D eigenvalue weighted by Gasteiger charge is 2.27. The quantitative estimate of drug-likeness (QED) is 0.675. The van der Waals surface area contributed by atoms with E-state index in [0.29, 0.717) is 11.1 Å². The summed E-state index contributed by atoms with van der Waals surface area (Å²) in [5.74, 6) is 1.39. The molecular weight excluding hydrogens is 174 g/mol. The molecule has 0 radical (unpaired) electrons. The monoisotopic (exact) mass is 185 g/mol. The molecule has 2 N–H and O–H groups in total. The molecule has 0 saturated heterocycles. The Morgan fingerprint density at radius 1 is 1.67 bits per heavy atom. The van der Waals surface area contributed by atoms with Crippen LogP contribution in [0.3, 0.4) is 0 Å². The van der Waals surface area contributed by atoms with Gasteiger partial charge in [-0.25, -0.2) is 0 Å². The lowest BCUT2D eigenvalue weighted by Crippen LogP contribution is -2.23. The van der Waals surface area contributed by atoms with Crippen molar-refractivity contribution in [1.29, 1.82) is 0 Å². The molecule has 0 fully saturated rings. The van der Waals surface area contributed by atoms with E-state index in [1.54, 1.807) is 0 Å². The molecule has 1 heterocycles. The van der Waals surface area contributed by atoms with E-state index in [4.69, 9.17) is 21.8 Å². The van der Waals surface area contributed by atoms with Crippen LogP contribution < -0.4 is 5.73 Å². The van der Waals surface area contributed by atoms with Gasteiger partial charge in [0, 0.05) is 0 Å². The fourth-order valence-electron chi connectivity index (χ4n) is 1.71. The van der Waals surface area contributed by atoms with Crippen LogP contribution in [0.2, 0.25) is 5.22 Å². The second kappa shape index (κ2) is 2.79. The smallest absolute Gasteiger partial charge is 0.193 e. The first-order valence-electron chi connectivity index (χ1n) is 4.22. The maximum atomic E-state index is 5.95. The molecule has 1 aromatic heterocycles. The highest BCUT2D eigenvalue weighted by Crippen LogP contribution is 2.35. The number of fused-ring (bicyclic) bond motifs is 1. The van der Waals surface area contributed by atoms with Crippen LogP contribution in [0.4, 0.5) is 0 Å². The third-order valence-corrected chi connectivity index (χ3v) is 2.78. The largest absolute Gasteiger partial charge is 0.448 e. The van der Waals surface area contributed by atoms with Crippen LogP contribution in [-0.4, -0.2) is 0 Å². The second-order valence-electron chi connectivity index (χ2n) is 3.48. The Morgan fingerprint density at radius 3 is 3.17 bits per heavy atom. The second-order valence-corrected chi connectivity index (χ2v) is 3.85. The summed E-state index contributed by atoms with van der Waals surface area (Å²) in [5, 5.41) is 0.463. The standard InChI is InChI=1S/C9H12ClNO/c1-5-2-3-6-4-7(10)12-9(6)8(5)11/h4-5,8H,2-3,11H2,1H3. The van der Waals surface area contributed by atoms with Crippen molar-refractivity contribution < 1.29 is 4.42 Å². The Labute approximate surface area is 76.7 Å². The van der Waals surface area contributed by atoms with E-state index in [0.717, 1.165) is 18.6 Å². The van der Waals surface area contributed by atoms with Gasteiger partial charge in [0.05, 0.1) is 6.04 Å². The minimum atomic E-state index is 0.0289. The molecule has 1 aromatic rings. The summed E-state index contributed by atoms with van der Waals surface area (Å²) < 4.78 is 5.33. The molecule has 66 valence electrons. The van der Waals surface area contributed by atoms with Crippen molar-refractivity contribution in [2.75, 3.05) is 0 Å². The zero-order valence-electron chi connectivity index (χ0n) is 7.01. The molecule has 0 saturated carbocycles. The maximum Gasteiger partial charge on any atom is 0.193 e. The van der Waals surface area contributed by atoms with Crippen LogP contribution in [0.1, 0.15) is 30.7 Å². The lowest BCUT2D eigenvalue weighted by atomic mass is 9.86. The molecule has 0 aromatic carbocycles. The van der Waals surface area contributed by atoms with Gasteiger partial charge in [-0.15, -0.1) is 0 Å². The summed E-state index contributed by atoms with van der Waals surface area (Å²) in [6.07, 6.45) is 2.17. The van der Waals surface area contributed by atoms with E-state index in [-0.39, 0.29) is 6.04 Å².